The van der Waals surface area contributed by atoms with Gasteiger partial charge in [0.1, 0.15) is 6.61 Å². The fourth-order valence-corrected chi connectivity index (χ4v) is 2.12. The molecule has 4 heteroatoms. The highest BCUT2D eigenvalue weighted by Crippen LogP contribution is 2.27. The molecule has 1 rings (SSSR count). The Labute approximate surface area is 91.5 Å². The standard InChI is InChI=1S/C11H22N2O2/c1-9(10-4-2-3-5-10)13-11(14)8-15-7-6-12/h9-10H,2-8,12H2,1H3,(H,13,14)/t9-/m1/s1. The zero-order chi connectivity index (χ0) is 11.1. The Morgan fingerprint density at radius 2 is 2.20 bits per heavy atom. The first kappa shape index (κ1) is 12.5. The average molecular weight is 214 g/mol. The van der Waals surface area contributed by atoms with Crippen LogP contribution in [0.3, 0.4) is 0 Å². The molecular formula is C11H22N2O2. The van der Waals surface area contributed by atoms with Crippen LogP contribution in [0.5, 0.6) is 0 Å². The van der Waals surface area contributed by atoms with Gasteiger partial charge in [-0.2, -0.15) is 0 Å². The molecule has 0 saturated heterocycles. The first-order valence-electron chi connectivity index (χ1n) is 5.81. The third-order valence-corrected chi connectivity index (χ3v) is 2.99. The summed E-state index contributed by atoms with van der Waals surface area (Å²) in [6.07, 6.45) is 5.08. The first-order chi connectivity index (χ1) is 7.24. The number of hydrogen-bond donors (Lipinski definition) is 2. The molecule has 15 heavy (non-hydrogen) atoms. The van der Waals surface area contributed by atoms with Crippen molar-refractivity contribution in [1.82, 2.24) is 5.32 Å². The molecule has 0 bridgehead atoms. The van der Waals surface area contributed by atoms with Gasteiger partial charge in [0.15, 0.2) is 0 Å². The minimum Gasteiger partial charge on any atom is -0.370 e. The summed E-state index contributed by atoms with van der Waals surface area (Å²) in [4.78, 5) is 11.4. The third-order valence-electron chi connectivity index (χ3n) is 2.99. The topological polar surface area (TPSA) is 64.3 Å². The van der Waals surface area contributed by atoms with E-state index in [0.717, 1.165) is 0 Å². The van der Waals surface area contributed by atoms with Gasteiger partial charge in [-0.1, -0.05) is 12.8 Å². The molecule has 0 aliphatic heterocycles. The van der Waals surface area contributed by atoms with Crippen molar-refractivity contribution in [2.24, 2.45) is 11.7 Å². The lowest BCUT2D eigenvalue weighted by Crippen LogP contribution is -2.39. The van der Waals surface area contributed by atoms with Crippen LogP contribution in [-0.2, 0) is 9.53 Å². The van der Waals surface area contributed by atoms with Crippen LogP contribution in [0.4, 0.5) is 0 Å². The van der Waals surface area contributed by atoms with Gasteiger partial charge < -0.3 is 15.8 Å². The van der Waals surface area contributed by atoms with Crippen LogP contribution in [-0.4, -0.2) is 31.7 Å². The SMILES string of the molecule is C[C@@H](NC(=O)COCCN)C1CCCC1. The van der Waals surface area contributed by atoms with Gasteiger partial charge >= 0.3 is 0 Å². The Hall–Kier alpha value is -0.610. The third kappa shape index (κ3) is 4.62. The summed E-state index contributed by atoms with van der Waals surface area (Å²) < 4.78 is 5.07. The molecule has 1 amide bonds. The number of carbonyl (C=O) groups is 1. The second-order valence-corrected chi connectivity index (χ2v) is 4.24. The zero-order valence-corrected chi connectivity index (χ0v) is 9.50. The van der Waals surface area contributed by atoms with E-state index in [-0.39, 0.29) is 18.6 Å². The number of carbonyl (C=O) groups excluding carboxylic acids is 1. The highest BCUT2D eigenvalue weighted by molar-refractivity contribution is 5.77. The lowest BCUT2D eigenvalue weighted by molar-refractivity contribution is -0.126. The van der Waals surface area contributed by atoms with Crippen LogP contribution in [0.15, 0.2) is 0 Å². The second-order valence-electron chi connectivity index (χ2n) is 4.24. The van der Waals surface area contributed by atoms with Crippen LogP contribution in [0.2, 0.25) is 0 Å². The van der Waals surface area contributed by atoms with E-state index in [1.165, 1.54) is 25.7 Å². The van der Waals surface area contributed by atoms with Gasteiger partial charge in [0, 0.05) is 12.6 Å². The van der Waals surface area contributed by atoms with Gasteiger partial charge in [0.05, 0.1) is 6.61 Å². The van der Waals surface area contributed by atoms with Gasteiger partial charge in [0.2, 0.25) is 5.91 Å². The highest BCUT2D eigenvalue weighted by atomic mass is 16.5. The molecule has 0 aromatic rings. The molecule has 1 saturated carbocycles. The molecule has 1 aliphatic carbocycles. The normalized spacial score (nSPS) is 19.1. The summed E-state index contributed by atoms with van der Waals surface area (Å²) >= 11 is 0. The summed E-state index contributed by atoms with van der Waals surface area (Å²) in [7, 11) is 0. The van der Waals surface area contributed by atoms with Crippen LogP contribution in [0, 0.1) is 5.92 Å². The van der Waals surface area contributed by atoms with E-state index in [1.54, 1.807) is 0 Å². The van der Waals surface area contributed by atoms with Crippen LogP contribution >= 0.6 is 0 Å². The Morgan fingerprint density at radius 3 is 2.80 bits per heavy atom. The van der Waals surface area contributed by atoms with Crippen molar-refractivity contribution in [1.29, 1.82) is 0 Å². The van der Waals surface area contributed by atoms with Crippen molar-refractivity contribution < 1.29 is 9.53 Å². The predicted molar refractivity (Wildman–Crippen MR) is 59.4 cm³/mol. The minimum atomic E-state index is -0.0251. The minimum absolute atomic E-state index is 0.0251. The maximum Gasteiger partial charge on any atom is 0.246 e. The fourth-order valence-electron chi connectivity index (χ4n) is 2.12. The molecule has 0 unspecified atom stereocenters. The van der Waals surface area contributed by atoms with E-state index in [9.17, 15) is 4.79 Å². The molecule has 0 spiro atoms. The number of nitrogens with two attached hydrogens (primary N) is 1. The first-order valence-corrected chi connectivity index (χ1v) is 5.81. The molecular weight excluding hydrogens is 192 g/mol. The van der Waals surface area contributed by atoms with E-state index in [2.05, 4.69) is 12.2 Å². The number of rotatable bonds is 6. The second kappa shape index (κ2) is 6.80. The molecule has 0 radical (unpaired) electrons. The van der Waals surface area contributed by atoms with Crippen molar-refractivity contribution in [2.45, 2.75) is 38.6 Å². The molecule has 1 fully saturated rings. The Bertz CT molecular complexity index is 191. The lowest BCUT2D eigenvalue weighted by Gasteiger charge is -2.20. The zero-order valence-electron chi connectivity index (χ0n) is 9.50. The number of hydrogen-bond acceptors (Lipinski definition) is 3. The number of ether oxygens (including phenoxy) is 1. The van der Waals surface area contributed by atoms with Gasteiger partial charge in [-0.25, -0.2) is 0 Å². The largest absolute Gasteiger partial charge is 0.370 e. The highest BCUT2D eigenvalue weighted by Gasteiger charge is 2.22. The molecule has 88 valence electrons. The summed E-state index contributed by atoms with van der Waals surface area (Å²) in [5.41, 5.74) is 5.26. The summed E-state index contributed by atoms with van der Waals surface area (Å²) in [5, 5.41) is 2.98. The van der Waals surface area contributed by atoms with Crippen molar-refractivity contribution in [3.8, 4) is 0 Å². The monoisotopic (exact) mass is 214 g/mol. The predicted octanol–water partition coefficient (Wildman–Crippen LogP) is 0.657. The van der Waals surface area contributed by atoms with Crippen molar-refractivity contribution >= 4 is 5.91 Å². The molecule has 4 nitrogen and oxygen atoms in total. The molecule has 0 aromatic carbocycles. The van der Waals surface area contributed by atoms with Gasteiger partial charge in [-0.3, -0.25) is 4.79 Å². The fraction of sp³-hybridized carbons (Fsp3) is 0.909. The van der Waals surface area contributed by atoms with Crippen LogP contribution < -0.4 is 11.1 Å². The molecule has 1 atom stereocenters. The van der Waals surface area contributed by atoms with E-state index < -0.39 is 0 Å². The quantitative estimate of drug-likeness (QED) is 0.638. The van der Waals surface area contributed by atoms with Gasteiger partial charge in [-0.15, -0.1) is 0 Å². The number of amides is 1. The maximum atomic E-state index is 11.4. The Balaban J connectivity index is 2.13. The maximum absolute atomic E-state index is 11.4. The Kier molecular flexibility index (Phi) is 5.65. The van der Waals surface area contributed by atoms with Crippen LogP contribution in [0.25, 0.3) is 0 Å². The van der Waals surface area contributed by atoms with Crippen molar-refractivity contribution in [3.05, 3.63) is 0 Å². The summed E-state index contributed by atoms with van der Waals surface area (Å²) in [6.45, 7) is 3.13. The van der Waals surface area contributed by atoms with E-state index in [0.29, 0.717) is 19.1 Å². The van der Waals surface area contributed by atoms with Gasteiger partial charge in [-0.05, 0) is 25.7 Å². The average Bonchev–Trinajstić information content (AvgIpc) is 2.70. The molecule has 0 aromatic heterocycles. The summed E-state index contributed by atoms with van der Waals surface area (Å²) in [6, 6.07) is 0.279. The molecule has 0 heterocycles. The van der Waals surface area contributed by atoms with Crippen molar-refractivity contribution in [2.75, 3.05) is 19.8 Å². The van der Waals surface area contributed by atoms with Crippen molar-refractivity contribution in [3.63, 3.8) is 0 Å². The smallest absolute Gasteiger partial charge is 0.246 e. The lowest BCUT2D eigenvalue weighted by atomic mass is 10.00. The molecule has 1 aliphatic rings. The van der Waals surface area contributed by atoms with Gasteiger partial charge in [0.25, 0.3) is 0 Å². The molecule has 3 N–H and O–H groups in total. The van der Waals surface area contributed by atoms with Crippen LogP contribution in [0.1, 0.15) is 32.6 Å². The number of nitrogens with one attached hydrogen (secondary N) is 1. The Morgan fingerprint density at radius 1 is 1.53 bits per heavy atom. The van der Waals surface area contributed by atoms with E-state index in [4.69, 9.17) is 10.5 Å². The van der Waals surface area contributed by atoms with E-state index in [1.807, 2.05) is 0 Å². The summed E-state index contributed by atoms with van der Waals surface area (Å²) in [5.74, 6) is 0.631. The van der Waals surface area contributed by atoms with E-state index >= 15 is 0 Å².